The predicted octanol–water partition coefficient (Wildman–Crippen LogP) is 1.93. The second kappa shape index (κ2) is 3.96. The zero-order valence-corrected chi connectivity index (χ0v) is 7.09. The fourth-order valence-corrected chi connectivity index (χ4v) is 0.375. The van der Waals surface area contributed by atoms with Gasteiger partial charge in [-0.3, -0.25) is 0 Å². The Morgan fingerprint density at radius 1 is 1.55 bits per heavy atom. The molecule has 0 spiro atoms. The molecule has 0 aliphatic heterocycles. The van der Waals surface area contributed by atoms with Gasteiger partial charge in [-0.1, -0.05) is 26.5 Å². The molecule has 0 saturated carbocycles. The van der Waals surface area contributed by atoms with E-state index >= 15 is 0 Å². The van der Waals surface area contributed by atoms with E-state index in [0.717, 1.165) is 6.08 Å². The molecule has 0 aromatic heterocycles. The fourth-order valence-electron chi connectivity index (χ4n) is 0.375. The normalized spacial score (nSPS) is 10.4. The summed E-state index contributed by atoms with van der Waals surface area (Å²) >= 11 is 0. The Labute approximate surface area is 67.6 Å². The van der Waals surface area contributed by atoms with Crippen LogP contribution in [0.4, 0.5) is 0 Å². The summed E-state index contributed by atoms with van der Waals surface area (Å²) in [5.74, 6) is -0.389. The van der Waals surface area contributed by atoms with Crippen LogP contribution in [0.25, 0.3) is 0 Å². The van der Waals surface area contributed by atoms with E-state index in [-0.39, 0.29) is 11.4 Å². The number of carbonyl (C=O) groups is 1. The summed E-state index contributed by atoms with van der Waals surface area (Å²) in [5, 5.41) is 0. The third kappa shape index (κ3) is 4.37. The van der Waals surface area contributed by atoms with E-state index in [1.165, 1.54) is 0 Å². The monoisotopic (exact) mass is 154 g/mol. The van der Waals surface area contributed by atoms with Crippen molar-refractivity contribution in [1.29, 1.82) is 0 Å². The third-order valence-electron chi connectivity index (χ3n) is 1.31. The van der Waals surface area contributed by atoms with Crippen molar-refractivity contribution in [3.05, 3.63) is 25.3 Å². The van der Waals surface area contributed by atoms with Crippen LogP contribution in [0.1, 0.15) is 13.8 Å². The summed E-state index contributed by atoms with van der Waals surface area (Å²) < 4.78 is 4.82. The maximum Gasteiger partial charge on any atom is 0.330 e. The van der Waals surface area contributed by atoms with Crippen LogP contribution in [0.5, 0.6) is 0 Å². The number of ether oxygens (including phenoxy) is 1. The van der Waals surface area contributed by atoms with Gasteiger partial charge in [0.05, 0.1) is 0 Å². The van der Waals surface area contributed by atoms with E-state index in [9.17, 15) is 4.79 Å². The van der Waals surface area contributed by atoms with Crippen molar-refractivity contribution in [3.8, 4) is 0 Å². The lowest BCUT2D eigenvalue weighted by Crippen LogP contribution is -2.18. The Balaban J connectivity index is 3.78. The first kappa shape index (κ1) is 9.95. The van der Waals surface area contributed by atoms with Crippen molar-refractivity contribution in [2.45, 2.75) is 13.8 Å². The Morgan fingerprint density at radius 2 is 2.09 bits per heavy atom. The predicted molar refractivity (Wildman–Crippen MR) is 45.1 cm³/mol. The van der Waals surface area contributed by atoms with Gasteiger partial charge in [0, 0.05) is 11.5 Å². The molecule has 2 nitrogen and oxygen atoms in total. The van der Waals surface area contributed by atoms with E-state index < -0.39 is 0 Å². The molecule has 11 heavy (non-hydrogen) atoms. The van der Waals surface area contributed by atoms with Crippen molar-refractivity contribution < 1.29 is 9.53 Å². The number of rotatable bonds is 4. The van der Waals surface area contributed by atoms with Crippen LogP contribution in [-0.2, 0) is 9.53 Å². The Morgan fingerprint density at radius 3 is 2.45 bits per heavy atom. The molecule has 0 rings (SSSR count). The topological polar surface area (TPSA) is 26.3 Å². The lowest BCUT2D eigenvalue weighted by atomic mass is 9.95. The van der Waals surface area contributed by atoms with Crippen molar-refractivity contribution in [2.75, 3.05) is 6.61 Å². The van der Waals surface area contributed by atoms with E-state index in [0.29, 0.717) is 6.61 Å². The zero-order valence-electron chi connectivity index (χ0n) is 7.09. The van der Waals surface area contributed by atoms with Crippen LogP contribution >= 0.6 is 0 Å². The molecule has 0 fully saturated rings. The van der Waals surface area contributed by atoms with Gasteiger partial charge in [-0.2, -0.15) is 0 Å². The maximum atomic E-state index is 10.6. The van der Waals surface area contributed by atoms with Gasteiger partial charge in [0.15, 0.2) is 0 Å². The first-order valence-electron chi connectivity index (χ1n) is 3.44. The van der Waals surface area contributed by atoms with Gasteiger partial charge in [0.25, 0.3) is 0 Å². The molecule has 0 unspecified atom stereocenters. The van der Waals surface area contributed by atoms with Crippen LogP contribution in [0.2, 0.25) is 0 Å². The Hall–Kier alpha value is -1.05. The van der Waals surface area contributed by atoms with Gasteiger partial charge in [0.2, 0.25) is 0 Å². The van der Waals surface area contributed by atoms with E-state index in [2.05, 4.69) is 13.2 Å². The standard InChI is InChI=1S/C9H14O2/c1-5-8(10)11-7-9(3,4)6-2/h5-6H,1-2,7H2,3-4H3. The SMILES string of the molecule is C=CC(=O)OCC(C)(C)C=C. The molecular formula is C9H14O2. The van der Waals surface area contributed by atoms with Gasteiger partial charge in [-0.25, -0.2) is 4.79 Å². The Kier molecular flexibility index (Phi) is 3.58. The largest absolute Gasteiger partial charge is 0.462 e. The first-order chi connectivity index (χ1) is 5.02. The van der Waals surface area contributed by atoms with Gasteiger partial charge in [0.1, 0.15) is 6.61 Å². The van der Waals surface area contributed by atoms with Crippen molar-refractivity contribution in [3.63, 3.8) is 0 Å². The number of carbonyl (C=O) groups excluding carboxylic acids is 1. The third-order valence-corrected chi connectivity index (χ3v) is 1.31. The molecule has 0 atom stereocenters. The van der Waals surface area contributed by atoms with Crippen LogP contribution in [0, 0.1) is 5.41 Å². The molecule has 0 aromatic rings. The van der Waals surface area contributed by atoms with E-state index in [1.807, 2.05) is 13.8 Å². The highest BCUT2D eigenvalue weighted by Gasteiger charge is 2.14. The molecule has 0 aliphatic carbocycles. The summed E-state index contributed by atoms with van der Waals surface area (Å²) in [7, 11) is 0. The maximum absolute atomic E-state index is 10.6. The average molecular weight is 154 g/mol. The first-order valence-corrected chi connectivity index (χ1v) is 3.44. The summed E-state index contributed by atoms with van der Waals surface area (Å²) in [4.78, 5) is 10.6. The molecule has 0 amide bonds. The fraction of sp³-hybridized carbons (Fsp3) is 0.444. The van der Waals surface area contributed by atoms with Crippen LogP contribution in [-0.4, -0.2) is 12.6 Å². The molecule has 2 heteroatoms. The molecule has 0 heterocycles. The van der Waals surface area contributed by atoms with Crippen LogP contribution in [0.15, 0.2) is 25.3 Å². The second-order valence-electron chi connectivity index (χ2n) is 3.00. The second-order valence-corrected chi connectivity index (χ2v) is 3.00. The van der Waals surface area contributed by atoms with Crippen molar-refractivity contribution in [2.24, 2.45) is 5.41 Å². The van der Waals surface area contributed by atoms with E-state index in [4.69, 9.17) is 4.74 Å². The molecule has 62 valence electrons. The zero-order chi connectivity index (χ0) is 8.91. The molecular weight excluding hydrogens is 140 g/mol. The lowest BCUT2D eigenvalue weighted by Gasteiger charge is -2.18. The molecule has 0 radical (unpaired) electrons. The minimum atomic E-state index is -0.389. The highest BCUT2D eigenvalue weighted by molar-refractivity contribution is 5.81. The molecule has 0 aliphatic rings. The number of hydrogen-bond acceptors (Lipinski definition) is 2. The summed E-state index contributed by atoms with van der Waals surface area (Å²) in [6, 6.07) is 0. The molecule has 0 saturated heterocycles. The summed E-state index contributed by atoms with van der Waals surface area (Å²) in [5.41, 5.74) is -0.154. The van der Waals surface area contributed by atoms with Gasteiger partial charge in [-0.05, 0) is 0 Å². The summed E-state index contributed by atoms with van der Waals surface area (Å²) in [6.45, 7) is 11.1. The minimum Gasteiger partial charge on any atom is -0.462 e. The Bertz CT molecular complexity index is 168. The highest BCUT2D eigenvalue weighted by Crippen LogP contribution is 2.15. The highest BCUT2D eigenvalue weighted by atomic mass is 16.5. The van der Waals surface area contributed by atoms with Crippen molar-refractivity contribution >= 4 is 5.97 Å². The average Bonchev–Trinajstić information content (AvgIpc) is 2.00. The smallest absolute Gasteiger partial charge is 0.330 e. The van der Waals surface area contributed by atoms with Crippen molar-refractivity contribution in [1.82, 2.24) is 0 Å². The van der Waals surface area contributed by atoms with Gasteiger partial charge < -0.3 is 4.74 Å². The van der Waals surface area contributed by atoms with Crippen LogP contribution in [0.3, 0.4) is 0 Å². The summed E-state index contributed by atoms with van der Waals surface area (Å²) in [6.07, 6.45) is 2.91. The lowest BCUT2D eigenvalue weighted by molar-refractivity contribution is -0.139. The van der Waals surface area contributed by atoms with Crippen LogP contribution < -0.4 is 0 Å². The van der Waals surface area contributed by atoms with Gasteiger partial charge >= 0.3 is 5.97 Å². The quantitative estimate of drug-likeness (QED) is 0.351. The molecule has 0 N–H and O–H groups in total. The van der Waals surface area contributed by atoms with Gasteiger partial charge in [-0.15, -0.1) is 6.58 Å². The minimum absolute atomic E-state index is 0.154. The number of esters is 1. The molecule has 0 bridgehead atoms. The van der Waals surface area contributed by atoms with E-state index in [1.54, 1.807) is 6.08 Å². The molecule has 0 aromatic carbocycles. The number of hydrogen-bond donors (Lipinski definition) is 0.